The van der Waals surface area contributed by atoms with Gasteiger partial charge in [-0.3, -0.25) is 38.6 Å². The van der Waals surface area contributed by atoms with E-state index >= 15 is 0 Å². The Balaban J connectivity index is 1.44. The summed E-state index contributed by atoms with van der Waals surface area (Å²) in [5.74, 6) is -3.99. The predicted octanol–water partition coefficient (Wildman–Crippen LogP) is -1.55. The Morgan fingerprint density at radius 1 is 0.731 bits per heavy atom. The zero-order chi connectivity index (χ0) is 18.8. The van der Waals surface area contributed by atoms with Crippen LogP contribution in [0, 0.1) is 0 Å². The molecular formula is C16H14N2O8. The number of carbonyl (C=O) groups excluding carboxylic acids is 6. The summed E-state index contributed by atoms with van der Waals surface area (Å²) in [4.78, 5) is 70.7. The first-order valence-electron chi connectivity index (χ1n) is 7.81. The van der Waals surface area contributed by atoms with Gasteiger partial charge in [0.1, 0.15) is 25.3 Å². The van der Waals surface area contributed by atoms with Gasteiger partial charge in [0.05, 0.1) is 0 Å². The number of amides is 4. The number of esters is 2. The monoisotopic (exact) mass is 362 g/mol. The Bertz CT molecular complexity index is 668. The Hall–Kier alpha value is -3.30. The molecule has 0 radical (unpaired) electrons. The van der Waals surface area contributed by atoms with E-state index in [-0.39, 0.29) is 0 Å². The second kappa shape index (κ2) is 6.90. The molecule has 26 heavy (non-hydrogen) atoms. The molecule has 10 nitrogen and oxygen atoms in total. The molecule has 1 fully saturated rings. The largest absolute Gasteiger partial charge is 0.457 e. The maximum Gasteiger partial charge on any atom is 0.326 e. The SMILES string of the molecule is O=C(CN1C(=O)C=CC1=O)OC1CCC1OC(=O)CN1C(=O)C=CC1=O. The van der Waals surface area contributed by atoms with Crippen LogP contribution >= 0.6 is 0 Å². The molecule has 2 aliphatic heterocycles. The smallest absolute Gasteiger partial charge is 0.326 e. The Labute approximate surface area is 147 Å². The van der Waals surface area contributed by atoms with Crippen LogP contribution in [0.3, 0.4) is 0 Å². The molecule has 10 heteroatoms. The number of hydrogen-bond acceptors (Lipinski definition) is 8. The molecule has 1 saturated carbocycles. The van der Waals surface area contributed by atoms with Crippen LogP contribution in [0.15, 0.2) is 24.3 Å². The van der Waals surface area contributed by atoms with Gasteiger partial charge in [0, 0.05) is 24.3 Å². The number of rotatable bonds is 6. The van der Waals surface area contributed by atoms with Crippen molar-refractivity contribution in [3.63, 3.8) is 0 Å². The molecule has 2 atom stereocenters. The lowest BCUT2D eigenvalue weighted by Crippen LogP contribution is -2.47. The minimum Gasteiger partial charge on any atom is -0.457 e. The number of hydrogen-bond donors (Lipinski definition) is 0. The molecule has 4 amide bonds. The van der Waals surface area contributed by atoms with E-state index in [9.17, 15) is 28.8 Å². The molecule has 3 rings (SSSR count). The average Bonchev–Trinajstić information content (AvgIpc) is 3.07. The molecule has 0 N–H and O–H groups in total. The third-order valence-electron chi connectivity index (χ3n) is 4.09. The van der Waals surface area contributed by atoms with E-state index in [1.807, 2.05) is 0 Å². The van der Waals surface area contributed by atoms with Crippen molar-refractivity contribution in [2.45, 2.75) is 25.0 Å². The van der Waals surface area contributed by atoms with Crippen molar-refractivity contribution in [2.24, 2.45) is 0 Å². The van der Waals surface area contributed by atoms with Crippen LogP contribution in [0.1, 0.15) is 12.8 Å². The fourth-order valence-electron chi connectivity index (χ4n) is 2.55. The van der Waals surface area contributed by atoms with E-state index in [0.717, 1.165) is 34.1 Å². The van der Waals surface area contributed by atoms with Crippen molar-refractivity contribution in [2.75, 3.05) is 13.1 Å². The zero-order valence-corrected chi connectivity index (χ0v) is 13.5. The highest BCUT2D eigenvalue weighted by atomic mass is 16.6. The standard InChI is InChI=1S/C16H14N2O8/c19-11-3-4-12(20)17(11)7-15(23)25-9-1-2-10(9)26-16(24)8-18-13(21)5-6-14(18)22/h3-6,9-10H,1-2,7-8H2. The Kier molecular flexibility index (Phi) is 4.65. The molecule has 136 valence electrons. The lowest BCUT2D eigenvalue weighted by atomic mass is 9.92. The van der Waals surface area contributed by atoms with Crippen LogP contribution in [0.5, 0.6) is 0 Å². The highest BCUT2D eigenvalue weighted by molar-refractivity contribution is 6.14. The molecule has 0 aromatic heterocycles. The van der Waals surface area contributed by atoms with Crippen molar-refractivity contribution < 1.29 is 38.2 Å². The first-order chi connectivity index (χ1) is 12.3. The zero-order valence-electron chi connectivity index (χ0n) is 13.5. The van der Waals surface area contributed by atoms with Gasteiger partial charge in [-0.1, -0.05) is 0 Å². The van der Waals surface area contributed by atoms with Gasteiger partial charge in [0.25, 0.3) is 23.6 Å². The molecule has 0 spiro atoms. The topological polar surface area (TPSA) is 127 Å². The summed E-state index contributed by atoms with van der Waals surface area (Å²) in [6, 6.07) is 0. The predicted molar refractivity (Wildman–Crippen MR) is 80.7 cm³/mol. The van der Waals surface area contributed by atoms with E-state index < -0.39 is 60.9 Å². The maximum absolute atomic E-state index is 11.8. The van der Waals surface area contributed by atoms with Crippen LogP contribution in [0.4, 0.5) is 0 Å². The van der Waals surface area contributed by atoms with E-state index in [0.29, 0.717) is 12.8 Å². The molecular weight excluding hydrogens is 348 g/mol. The van der Waals surface area contributed by atoms with Crippen LogP contribution in [0.25, 0.3) is 0 Å². The first kappa shape index (κ1) is 17.5. The van der Waals surface area contributed by atoms with Crippen molar-refractivity contribution in [1.82, 2.24) is 9.80 Å². The fourth-order valence-corrected chi connectivity index (χ4v) is 2.55. The first-order valence-corrected chi connectivity index (χ1v) is 7.81. The summed E-state index contributed by atoms with van der Waals surface area (Å²) in [6.45, 7) is -1.05. The average molecular weight is 362 g/mol. The van der Waals surface area contributed by atoms with E-state index in [4.69, 9.17) is 9.47 Å². The maximum atomic E-state index is 11.8. The van der Waals surface area contributed by atoms with E-state index in [1.165, 1.54) is 0 Å². The quantitative estimate of drug-likeness (QED) is 0.411. The molecule has 1 aliphatic carbocycles. The van der Waals surface area contributed by atoms with Crippen molar-refractivity contribution in [3.8, 4) is 0 Å². The van der Waals surface area contributed by atoms with Gasteiger partial charge in [-0.05, 0) is 12.8 Å². The second-order valence-electron chi connectivity index (χ2n) is 5.83. The summed E-state index contributed by atoms with van der Waals surface area (Å²) < 4.78 is 10.2. The third-order valence-corrected chi connectivity index (χ3v) is 4.09. The van der Waals surface area contributed by atoms with E-state index in [1.54, 1.807) is 0 Å². The van der Waals surface area contributed by atoms with Crippen LogP contribution in [0.2, 0.25) is 0 Å². The van der Waals surface area contributed by atoms with E-state index in [2.05, 4.69) is 0 Å². The molecule has 0 bridgehead atoms. The van der Waals surface area contributed by atoms with Crippen molar-refractivity contribution in [3.05, 3.63) is 24.3 Å². The normalized spacial score (nSPS) is 24.3. The van der Waals surface area contributed by atoms with Gasteiger partial charge in [0.15, 0.2) is 0 Å². The Morgan fingerprint density at radius 3 is 1.31 bits per heavy atom. The number of carbonyl (C=O) groups is 6. The van der Waals surface area contributed by atoms with Crippen LogP contribution in [-0.4, -0.2) is 70.7 Å². The highest BCUT2D eigenvalue weighted by Crippen LogP contribution is 2.27. The number of ether oxygens (including phenoxy) is 2. The van der Waals surface area contributed by atoms with Gasteiger partial charge in [-0.2, -0.15) is 0 Å². The molecule has 0 saturated heterocycles. The molecule has 0 aromatic carbocycles. The third kappa shape index (κ3) is 3.53. The highest BCUT2D eigenvalue weighted by Gasteiger charge is 2.39. The number of nitrogens with zero attached hydrogens (tertiary/aromatic N) is 2. The Morgan fingerprint density at radius 2 is 1.04 bits per heavy atom. The molecule has 2 heterocycles. The van der Waals surface area contributed by atoms with Gasteiger partial charge < -0.3 is 9.47 Å². The number of imide groups is 2. The minimum atomic E-state index is -0.796. The molecule has 3 aliphatic rings. The van der Waals surface area contributed by atoms with Crippen LogP contribution < -0.4 is 0 Å². The summed E-state index contributed by atoms with van der Waals surface area (Å²) in [6.07, 6.45) is 3.72. The summed E-state index contributed by atoms with van der Waals surface area (Å²) >= 11 is 0. The van der Waals surface area contributed by atoms with Crippen molar-refractivity contribution in [1.29, 1.82) is 0 Å². The second-order valence-corrected chi connectivity index (χ2v) is 5.83. The summed E-state index contributed by atoms with van der Waals surface area (Å²) in [5.41, 5.74) is 0. The van der Waals surface area contributed by atoms with Crippen molar-refractivity contribution >= 4 is 35.6 Å². The van der Waals surface area contributed by atoms with Gasteiger partial charge >= 0.3 is 11.9 Å². The minimum absolute atomic E-state index is 0.451. The molecule has 2 unspecified atom stereocenters. The summed E-state index contributed by atoms with van der Waals surface area (Å²) in [7, 11) is 0. The van der Waals surface area contributed by atoms with Crippen LogP contribution in [-0.2, 0) is 38.2 Å². The van der Waals surface area contributed by atoms with Gasteiger partial charge in [-0.15, -0.1) is 0 Å². The van der Waals surface area contributed by atoms with Gasteiger partial charge in [-0.25, -0.2) is 0 Å². The lowest BCUT2D eigenvalue weighted by Gasteiger charge is -2.35. The fraction of sp³-hybridized carbons (Fsp3) is 0.375. The molecule has 0 aromatic rings. The summed E-state index contributed by atoms with van der Waals surface area (Å²) in [5, 5.41) is 0. The van der Waals surface area contributed by atoms with Gasteiger partial charge in [0.2, 0.25) is 0 Å². The lowest BCUT2D eigenvalue weighted by molar-refractivity contribution is -0.182.